The van der Waals surface area contributed by atoms with E-state index in [-0.39, 0.29) is 12.0 Å². The highest BCUT2D eigenvalue weighted by molar-refractivity contribution is 14.1. The Kier molecular flexibility index (Phi) is 5.11. The molecule has 3 nitrogen and oxygen atoms in total. The van der Waals surface area contributed by atoms with Crippen molar-refractivity contribution >= 4 is 44.4 Å². The number of carbonyl (C=O) groups is 1. The van der Waals surface area contributed by atoms with Gasteiger partial charge in [-0.2, -0.15) is 0 Å². The van der Waals surface area contributed by atoms with Gasteiger partial charge in [0.15, 0.2) is 0 Å². The van der Waals surface area contributed by atoms with Gasteiger partial charge in [-0.25, -0.2) is 0 Å². The van der Waals surface area contributed by atoms with Crippen molar-refractivity contribution in [1.82, 2.24) is 4.90 Å². The van der Waals surface area contributed by atoms with Crippen molar-refractivity contribution in [1.29, 1.82) is 0 Å². The molecule has 1 amide bonds. The molecule has 19 heavy (non-hydrogen) atoms. The van der Waals surface area contributed by atoms with E-state index in [0.29, 0.717) is 6.54 Å². The molecule has 104 valence electrons. The zero-order valence-corrected chi connectivity index (χ0v) is 14.8. The summed E-state index contributed by atoms with van der Waals surface area (Å²) in [5.41, 5.74) is 1.23. The Bertz CT molecular complexity index is 482. The molecule has 0 aromatic heterocycles. The molecule has 1 aliphatic carbocycles. The van der Waals surface area contributed by atoms with Crippen LogP contribution in [0.25, 0.3) is 0 Å². The second-order valence-corrected chi connectivity index (χ2v) is 7.06. The third-order valence-electron chi connectivity index (χ3n) is 3.37. The lowest BCUT2D eigenvalue weighted by Gasteiger charge is -2.17. The van der Waals surface area contributed by atoms with Crippen molar-refractivity contribution < 1.29 is 9.53 Å². The molecular weight excluding hydrogens is 421 g/mol. The predicted molar refractivity (Wildman–Crippen MR) is 88.2 cm³/mol. The van der Waals surface area contributed by atoms with Gasteiger partial charge in [-0.15, -0.1) is 0 Å². The molecule has 0 bridgehead atoms. The number of carbonyl (C=O) groups excluding carboxylic acids is 1. The molecule has 1 fully saturated rings. The van der Waals surface area contributed by atoms with Crippen LogP contribution in [0.15, 0.2) is 31.5 Å². The predicted octanol–water partition coefficient (Wildman–Crippen LogP) is 3.90. The smallest absolute Gasteiger partial charge is 0.219 e. The van der Waals surface area contributed by atoms with E-state index in [9.17, 15) is 4.79 Å². The fraction of sp³-hybridized carbons (Fsp3) is 0.500. The number of rotatable bonds is 2. The quantitative estimate of drug-likeness (QED) is 0.613. The van der Waals surface area contributed by atoms with Gasteiger partial charge in [0, 0.05) is 34.4 Å². The van der Waals surface area contributed by atoms with Crippen molar-refractivity contribution in [2.45, 2.75) is 32.8 Å². The fourth-order valence-corrected chi connectivity index (χ4v) is 3.24. The number of hydrogen-bond donors (Lipinski definition) is 0. The zero-order chi connectivity index (χ0) is 14.0. The summed E-state index contributed by atoms with van der Waals surface area (Å²) in [4.78, 5) is 13.2. The largest absolute Gasteiger partial charge is 0.489 e. The highest BCUT2D eigenvalue weighted by atomic mass is 127. The monoisotopic (exact) mass is 437 g/mol. The van der Waals surface area contributed by atoms with Crippen molar-refractivity contribution in [3.8, 4) is 0 Å². The van der Waals surface area contributed by atoms with Gasteiger partial charge in [0.2, 0.25) is 5.91 Å². The standard InChI is InChI=1S/C14H17BrINO2/c1-9-7-13(16)12(15)3-4-14(9)19-11-5-6-17(8-11)10(2)18/h3-4,11H,5-8H2,1-2H3. The number of hydrogen-bond acceptors (Lipinski definition) is 2. The van der Waals surface area contributed by atoms with E-state index in [2.05, 4.69) is 45.4 Å². The normalized spacial score (nSPS) is 24.0. The minimum absolute atomic E-state index is 0.119. The Morgan fingerprint density at radius 1 is 1.53 bits per heavy atom. The first kappa shape index (κ1) is 15.1. The molecule has 1 saturated heterocycles. The lowest BCUT2D eigenvalue weighted by Crippen LogP contribution is -2.27. The summed E-state index contributed by atoms with van der Waals surface area (Å²) in [5.74, 6) is 1.08. The molecule has 0 spiro atoms. The van der Waals surface area contributed by atoms with Gasteiger partial charge in [0.1, 0.15) is 11.9 Å². The summed E-state index contributed by atoms with van der Waals surface area (Å²) in [5, 5.41) is 0. The number of ether oxygens (including phenoxy) is 1. The Hall–Kier alpha value is -0.300. The van der Waals surface area contributed by atoms with Crippen LogP contribution in [0.2, 0.25) is 0 Å². The van der Waals surface area contributed by atoms with Crippen LogP contribution < -0.4 is 0 Å². The lowest BCUT2D eigenvalue weighted by molar-refractivity contribution is -0.128. The minimum atomic E-state index is 0.119. The van der Waals surface area contributed by atoms with Gasteiger partial charge >= 0.3 is 0 Å². The van der Waals surface area contributed by atoms with Crippen LogP contribution in [0.3, 0.4) is 0 Å². The minimum Gasteiger partial charge on any atom is -0.489 e. The average molecular weight is 438 g/mol. The van der Waals surface area contributed by atoms with Gasteiger partial charge < -0.3 is 9.64 Å². The second kappa shape index (κ2) is 6.43. The van der Waals surface area contributed by atoms with Gasteiger partial charge in [0.05, 0.1) is 6.54 Å². The molecule has 1 aliphatic heterocycles. The highest BCUT2D eigenvalue weighted by Gasteiger charge is 2.26. The van der Waals surface area contributed by atoms with Gasteiger partial charge in [-0.3, -0.25) is 4.79 Å². The molecular formula is C14H17BrINO2. The first-order valence-corrected chi connectivity index (χ1v) is 8.18. The SMILES string of the molecule is CC(=O)N1CCC(OC2=C(C)CC(I)=C(Br)C=C2)C1. The van der Waals surface area contributed by atoms with Crippen molar-refractivity contribution in [3.63, 3.8) is 0 Å². The summed E-state index contributed by atoms with van der Waals surface area (Å²) in [6.45, 7) is 5.21. The maximum Gasteiger partial charge on any atom is 0.219 e. The van der Waals surface area contributed by atoms with E-state index in [1.54, 1.807) is 6.92 Å². The van der Waals surface area contributed by atoms with Crippen LogP contribution in [0, 0.1) is 0 Å². The topological polar surface area (TPSA) is 29.5 Å². The van der Waals surface area contributed by atoms with Crippen molar-refractivity contribution in [2.75, 3.05) is 13.1 Å². The van der Waals surface area contributed by atoms with E-state index in [0.717, 1.165) is 29.6 Å². The summed E-state index contributed by atoms with van der Waals surface area (Å²) in [7, 11) is 0. The van der Waals surface area contributed by atoms with Crippen LogP contribution in [0.1, 0.15) is 26.7 Å². The van der Waals surface area contributed by atoms with Crippen molar-refractivity contribution in [3.05, 3.63) is 31.5 Å². The summed E-state index contributed by atoms with van der Waals surface area (Å²) in [6, 6.07) is 0. The number of nitrogens with zero attached hydrogens (tertiary/aromatic N) is 1. The third-order valence-corrected chi connectivity index (χ3v) is 5.81. The number of allylic oxidation sites excluding steroid dienone is 5. The molecule has 0 aromatic rings. The zero-order valence-electron chi connectivity index (χ0n) is 11.1. The molecule has 5 heteroatoms. The maximum absolute atomic E-state index is 11.3. The molecule has 1 atom stereocenters. The van der Waals surface area contributed by atoms with E-state index in [1.807, 2.05) is 17.1 Å². The van der Waals surface area contributed by atoms with Crippen LogP contribution in [-0.2, 0) is 9.53 Å². The molecule has 1 heterocycles. The highest BCUT2D eigenvalue weighted by Crippen LogP contribution is 2.32. The fourth-order valence-electron chi connectivity index (χ4n) is 2.22. The average Bonchev–Trinajstić information content (AvgIpc) is 2.77. The molecule has 1 unspecified atom stereocenters. The molecule has 0 N–H and O–H groups in total. The van der Waals surface area contributed by atoms with Gasteiger partial charge in [0.25, 0.3) is 0 Å². The first-order chi connectivity index (χ1) is 8.97. The van der Waals surface area contributed by atoms with Crippen LogP contribution in [-0.4, -0.2) is 30.0 Å². The number of halogens is 2. The van der Waals surface area contributed by atoms with Crippen molar-refractivity contribution in [2.24, 2.45) is 0 Å². The Labute approximate surface area is 136 Å². The van der Waals surface area contributed by atoms with Gasteiger partial charge in [-0.1, -0.05) is 15.9 Å². The summed E-state index contributed by atoms with van der Waals surface area (Å²) >= 11 is 5.90. The molecule has 0 radical (unpaired) electrons. The molecule has 2 rings (SSSR count). The summed E-state index contributed by atoms with van der Waals surface area (Å²) in [6.07, 6.45) is 5.99. The van der Waals surface area contributed by atoms with E-state index in [4.69, 9.17) is 4.74 Å². The van der Waals surface area contributed by atoms with E-state index >= 15 is 0 Å². The number of likely N-dealkylation sites (tertiary alicyclic amines) is 1. The second-order valence-electron chi connectivity index (χ2n) is 4.90. The van der Waals surface area contributed by atoms with E-state index in [1.165, 1.54) is 9.15 Å². The van der Waals surface area contributed by atoms with Crippen LogP contribution in [0.5, 0.6) is 0 Å². The first-order valence-electron chi connectivity index (χ1n) is 6.31. The Morgan fingerprint density at radius 3 is 2.89 bits per heavy atom. The maximum atomic E-state index is 11.3. The van der Waals surface area contributed by atoms with Gasteiger partial charge in [-0.05, 0) is 47.2 Å². The molecule has 2 aliphatic rings. The van der Waals surface area contributed by atoms with Crippen LogP contribution >= 0.6 is 38.5 Å². The molecule has 0 aromatic carbocycles. The summed E-state index contributed by atoms with van der Waals surface area (Å²) < 4.78 is 8.46. The lowest BCUT2D eigenvalue weighted by atomic mass is 10.2. The Morgan fingerprint density at radius 2 is 2.26 bits per heavy atom. The molecule has 0 saturated carbocycles. The Balaban J connectivity index is 2.02. The van der Waals surface area contributed by atoms with E-state index < -0.39 is 0 Å². The third kappa shape index (κ3) is 3.84. The number of amides is 1. The van der Waals surface area contributed by atoms with Crippen LogP contribution in [0.4, 0.5) is 0 Å².